The molecule has 0 aliphatic carbocycles. The maximum Gasteiger partial charge on any atom is 0.238 e. The summed E-state index contributed by atoms with van der Waals surface area (Å²) in [5.41, 5.74) is 1.65. The van der Waals surface area contributed by atoms with Crippen LogP contribution in [0.25, 0.3) is 0 Å². The Morgan fingerprint density at radius 2 is 1.89 bits per heavy atom. The van der Waals surface area contributed by atoms with Gasteiger partial charge in [0, 0.05) is 12.7 Å². The highest BCUT2D eigenvalue weighted by molar-refractivity contribution is 9.10. The molecule has 1 atom stereocenters. The highest BCUT2D eigenvalue weighted by Crippen LogP contribution is 2.13. The average Bonchev–Trinajstić information content (AvgIpc) is 2.39. The van der Waals surface area contributed by atoms with Gasteiger partial charge in [-0.2, -0.15) is 0 Å². The van der Waals surface area contributed by atoms with Gasteiger partial charge < -0.3 is 10.6 Å². The largest absolute Gasteiger partial charge is 0.359 e. The van der Waals surface area contributed by atoms with Gasteiger partial charge in [-0.1, -0.05) is 35.0 Å². The van der Waals surface area contributed by atoms with Crippen LogP contribution in [0.3, 0.4) is 0 Å². The number of anilines is 1. The Balaban J connectivity index is 2.60. The van der Waals surface area contributed by atoms with E-state index < -0.39 is 0 Å². The molecule has 2 amide bonds. The van der Waals surface area contributed by atoms with Gasteiger partial charge in [0.1, 0.15) is 0 Å². The van der Waals surface area contributed by atoms with Gasteiger partial charge in [-0.25, -0.2) is 0 Å². The van der Waals surface area contributed by atoms with E-state index in [1.165, 1.54) is 0 Å². The lowest BCUT2D eigenvalue weighted by Gasteiger charge is -2.09. The van der Waals surface area contributed by atoms with Crippen LogP contribution in [0.4, 0.5) is 5.69 Å². The number of halogens is 1. The zero-order valence-corrected chi connectivity index (χ0v) is 12.1. The summed E-state index contributed by atoms with van der Waals surface area (Å²) in [6, 6.07) is 7.26. The van der Waals surface area contributed by atoms with Crippen LogP contribution in [0.1, 0.15) is 18.9 Å². The molecule has 18 heavy (non-hydrogen) atoms. The monoisotopic (exact) mass is 312 g/mol. The van der Waals surface area contributed by atoms with Crippen LogP contribution in [-0.4, -0.2) is 23.7 Å². The maximum absolute atomic E-state index is 11.6. The zero-order valence-electron chi connectivity index (χ0n) is 10.5. The van der Waals surface area contributed by atoms with Crippen LogP contribution in [0.5, 0.6) is 0 Å². The van der Waals surface area contributed by atoms with Gasteiger partial charge in [0.05, 0.1) is 11.2 Å². The van der Waals surface area contributed by atoms with Crippen molar-refractivity contribution in [3.05, 3.63) is 29.8 Å². The number of hydrogen-bond acceptors (Lipinski definition) is 2. The lowest BCUT2D eigenvalue weighted by molar-refractivity contribution is -0.120. The first-order valence-electron chi connectivity index (χ1n) is 5.81. The van der Waals surface area contributed by atoms with E-state index >= 15 is 0 Å². The van der Waals surface area contributed by atoms with Crippen molar-refractivity contribution in [2.45, 2.75) is 24.6 Å². The molecular weight excluding hydrogens is 296 g/mol. The van der Waals surface area contributed by atoms with E-state index in [4.69, 9.17) is 0 Å². The normalized spacial score (nSPS) is 11.7. The first-order chi connectivity index (χ1) is 8.56. The van der Waals surface area contributed by atoms with Gasteiger partial charge >= 0.3 is 0 Å². The van der Waals surface area contributed by atoms with Crippen LogP contribution in [0, 0.1) is 0 Å². The summed E-state index contributed by atoms with van der Waals surface area (Å²) in [5, 5.41) is 5.37. The zero-order chi connectivity index (χ0) is 13.5. The summed E-state index contributed by atoms with van der Waals surface area (Å²) < 4.78 is 0. The molecular formula is C13H17BrN2O2. The van der Waals surface area contributed by atoms with E-state index in [-0.39, 0.29) is 16.6 Å². The maximum atomic E-state index is 11.6. The third kappa shape index (κ3) is 4.49. The van der Waals surface area contributed by atoms with Gasteiger partial charge in [0.15, 0.2) is 0 Å². The number of carbonyl (C=O) groups excluding carboxylic acids is 2. The molecule has 1 aromatic carbocycles. The van der Waals surface area contributed by atoms with E-state index in [9.17, 15) is 9.59 Å². The first-order valence-corrected chi connectivity index (χ1v) is 6.72. The molecule has 0 saturated heterocycles. The molecule has 1 aromatic rings. The fourth-order valence-electron chi connectivity index (χ4n) is 1.39. The molecule has 5 heteroatoms. The number of likely N-dealkylation sites (N-methyl/N-ethyl adjacent to an activating group) is 1. The first kappa shape index (κ1) is 14.7. The number of alkyl halides is 1. The molecule has 2 N–H and O–H groups in total. The molecule has 98 valence electrons. The predicted molar refractivity (Wildman–Crippen MR) is 75.8 cm³/mol. The second-order valence-corrected chi connectivity index (χ2v) is 5.02. The molecule has 0 radical (unpaired) electrons. The minimum absolute atomic E-state index is 0.0294. The van der Waals surface area contributed by atoms with E-state index in [2.05, 4.69) is 26.6 Å². The third-order valence-corrected chi connectivity index (χ3v) is 3.57. The molecule has 0 saturated carbocycles. The Labute approximate surface area is 115 Å². The van der Waals surface area contributed by atoms with E-state index in [1.807, 2.05) is 19.1 Å². The Bertz CT molecular complexity index is 418. The molecule has 0 aromatic heterocycles. The van der Waals surface area contributed by atoms with Crippen molar-refractivity contribution in [2.75, 3.05) is 12.4 Å². The molecule has 1 unspecified atom stereocenters. The average molecular weight is 313 g/mol. The van der Waals surface area contributed by atoms with Gasteiger partial charge in [-0.05, 0) is 24.1 Å². The molecule has 0 spiro atoms. The highest BCUT2D eigenvalue weighted by Gasteiger charge is 2.12. The second-order valence-electron chi connectivity index (χ2n) is 3.91. The molecule has 0 fully saturated rings. The number of hydrogen-bond donors (Lipinski definition) is 2. The standard InChI is InChI=1S/C13H17BrN2O2/c1-3-11(14)13(18)16-10-6-4-9(5-7-10)8-12(17)15-2/h4-7,11H,3,8H2,1-2H3,(H,15,17)(H,16,18). The highest BCUT2D eigenvalue weighted by atomic mass is 79.9. The lowest BCUT2D eigenvalue weighted by atomic mass is 10.1. The summed E-state index contributed by atoms with van der Waals surface area (Å²) >= 11 is 3.29. The fourth-order valence-corrected chi connectivity index (χ4v) is 1.50. The predicted octanol–water partition coefficient (Wildman–Crippen LogP) is 2.09. The quantitative estimate of drug-likeness (QED) is 0.818. The van der Waals surface area contributed by atoms with Gasteiger partial charge in [0.2, 0.25) is 11.8 Å². The molecule has 0 heterocycles. The fraction of sp³-hybridized carbons (Fsp3) is 0.385. The molecule has 0 aliphatic heterocycles. The van der Waals surface area contributed by atoms with Gasteiger partial charge in [-0.3, -0.25) is 9.59 Å². The number of carbonyl (C=O) groups is 2. The topological polar surface area (TPSA) is 58.2 Å². The van der Waals surface area contributed by atoms with Gasteiger partial charge in [0.25, 0.3) is 0 Å². The van der Waals surface area contributed by atoms with E-state index in [1.54, 1.807) is 19.2 Å². The van der Waals surface area contributed by atoms with Gasteiger partial charge in [-0.15, -0.1) is 0 Å². The van der Waals surface area contributed by atoms with Crippen LogP contribution in [0.2, 0.25) is 0 Å². The SMILES string of the molecule is CCC(Br)C(=O)Nc1ccc(CC(=O)NC)cc1. The molecule has 1 rings (SSSR count). The summed E-state index contributed by atoms with van der Waals surface area (Å²) in [6.45, 7) is 1.94. The smallest absolute Gasteiger partial charge is 0.238 e. The molecule has 0 aliphatic rings. The number of benzene rings is 1. The van der Waals surface area contributed by atoms with Crippen molar-refractivity contribution in [2.24, 2.45) is 0 Å². The molecule has 4 nitrogen and oxygen atoms in total. The van der Waals surface area contributed by atoms with Crippen molar-refractivity contribution in [3.8, 4) is 0 Å². The van der Waals surface area contributed by atoms with Crippen molar-refractivity contribution >= 4 is 33.4 Å². The minimum Gasteiger partial charge on any atom is -0.359 e. The molecule has 0 bridgehead atoms. The number of amides is 2. The van der Waals surface area contributed by atoms with Crippen molar-refractivity contribution < 1.29 is 9.59 Å². The Hall–Kier alpha value is -1.36. The summed E-state index contributed by atoms with van der Waals surface area (Å²) in [4.78, 5) is 22.6. The van der Waals surface area contributed by atoms with E-state index in [0.717, 1.165) is 17.7 Å². The summed E-state index contributed by atoms with van der Waals surface area (Å²) in [6.07, 6.45) is 1.08. The Kier molecular flexibility index (Phi) is 5.85. The van der Waals surface area contributed by atoms with Crippen LogP contribution in [0.15, 0.2) is 24.3 Å². The summed E-state index contributed by atoms with van der Waals surface area (Å²) in [7, 11) is 1.61. The van der Waals surface area contributed by atoms with E-state index in [0.29, 0.717) is 6.42 Å². The Morgan fingerprint density at radius 3 is 2.39 bits per heavy atom. The van der Waals surface area contributed by atoms with Crippen molar-refractivity contribution in [1.29, 1.82) is 0 Å². The van der Waals surface area contributed by atoms with Crippen LogP contribution in [-0.2, 0) is 16.0 Å². The van der Waals surface area contributed by atoms with Crippen LogP contribution >= 0.6 is 15.9 Å². The van der Waals surface area contributed by atoms with Crippen molar-refractivity contribution in [3.63, 3.8) is 0 Å². The van der Waals surface area contributed by atoms with Crippen LogP contribution < -0.4 is 10.6 Å². The minimum atomic E-state index is -0.178. The lowest BCUT2D eigenvalue weighted by Crippen LogP contribution is -2.22. The number of nitrogens with one attached hydrogen (secondary N) is 2. The third-order valence-electron chi connectivity index (χ3n) is 2.51. The Morgan fingerprint density at radius 1 is 1.28 bits per heavy atom. The van der Waals surface area contributed by atoms with Crippen molar-refractivity contribution in [1.82, 2.24) is 5.32 Å². The second kappa shape index (κ2) is 7.16. The number of rotatable bonds is 5. The summed E-state index contributed by atoms with van der Waals surface area (Å²) in [5.74, 6) is -0.0881.